The Morgan fingerprint density at radius 1 is 0.517 bits per heavy atom. The van der Waals surface area contributed by atoms with Crippen molar-refractivity contribution < 1.29 is 17.4 Å². The summed E-state index contributed by atoms with van der Waals surface area (Å²) >= 11 is -3.98. The first-order valence-electron chi connectivity index (χ1n) is 23.8. The van der Waals surface area contributed by atoms with Crippen LogP contribution >= 0.6 is 24.8 Å². The molecule has 4 aliphatic carbocycles. The molecule has 0 nitrogen and oxygen atoms in total. The summed E-state index contributed by atoms with van der Waals surface area (Å²) in [5, 5.41) is 0. The number of hydrogen-bond donors (Lipinski definition) is 0. The van der Waals surface area contributed by atoms with Crippen molar-refractivity contribution in [1.82, 2.24) is 0 Å². The normalized spacial score (nSPS) is 21.0. The Morgan fingerprint density at radius 3 is 1.20 bits per heavy atom. The fraction of sp³-hybridized carbons (Fsp3) is 0.500. The molecule has 4 aromatic carbocycles. The molecule has 0 aromatic heterocycles. The SMILES string of the molecule is CCCC1(CC2=Cc3c(-c4ccc(C)cc4)cccc3[CH]2[Zr]([CH3])([CH3])(=[SiH2])[CH]2C(CC3(CCC)CCCCCC3)=Cc3c(-c4ccc(C)cc4)cccc32)CCCCCC1.Cl.Cl. The van der Waals surface area contributed by atoms with Crippen molar-refractivity contribution in [2.75, 3.05) is 0 Å². The van der Waals surface area contributed by atoms with E-state index in [0.717, 1.165) is 0 Å². The fourth-order valence-corrected chi connectivity index (χ4v) is 33.2. The second-order valence-corrected chi connectivity index (χ2v) is 51.7. The van der Waals surface area contributed by atoms with Crippen molar-refractivity contribution in [2.24, 2.45) is 10.8 Å². The van der Waals surface area contributed by atoms with Crippen LogP contribution in [0, 0.1) is 24.7 Å². The van der Waals surface area contributed by atoms with E-state index >= 15 is 0 Å². The molecular formula is C56H76Cl2SiZr. The average molecular weight is 939 g/mol. The van der Waals surface area contributed by atoms with Gasteiger partial charge in [0.15, 0.2) is 0 Å². The summed E-state index contributed by atoms with van der Waals surface area (Å²) in [5.74, 6) is 0. The monoisotopic (exact) mass is 936 g/mol. The van der Waals surface area contributed by atoms with E-state index in [-0.39, 0.29) is 24.8 Å². The number of hydrogen-bond acceptors (Lipinski definition) is 0. The van der Waals surface area contributed by atoms with Gasteiger partial charge >= 0.3 is 359 Å². The average Bonchev–Trinajstić information content (AvgIpc) is 3.57. The predicted molar refractivity (Wildman–Crippen MR) is 269 cm³/mol. The zero-order valence-corrected chi connectivity index (χ0v) is 43.6. The molecule has 0 N–H and O–H groups in total. The molecule has 8 rings (SSSR count). The van der Waals surface area contributed by atoms with Gasteiger partial charge in [-0.25, -0.2) is 0 Å². The van der Waals surface area contributed by atoms with Gasteiger partial charge in [0.25, 0.3) is 0 Å². The van der Waals surface area contributed by atoms with E-state index in [0.29, 0.717) is 18.1 Å². The van der Waals surface area contributed by atoms with Crippen LogP contribution in [0.15, 0.2) is 96.1 Å². The smallest absolute Gasteiger partial charge is 0.147 e. The first-order chi connectivity index (χ1) is 27.9. The molecule has 4 heteroatoms. The van der Waals surface area contributed by atoms with Gasteiger partial charge in [-0.05, 0) is 0 Å². The van der Waals surface area contributed by atoms with Crippen molar-refractivity contribution in [3.05, 3.63) is 129 Å². The molecule has 0 radical (unpaired) electrons. The van der Waals surface area contributed by atoms with Gasteiger partial charge in [-0.2, -0.15) is 0 Å². The minimum absolute atomic E-state index is 0. The van der Waals surface area contributed by atoms with Crippen molar-refractivity contribution in [1.29, 1.82) is 0 Å². The molecule has 0 bridgehead atoms. The van der Waals surface area contributed by atoms with Crippen LogP contribution < -0.4 is 0 Å². The largest absolute Gasteiger partial charge is 0.147 e. The Bertz CT molecular complexity index is 2070. The first kappa shape index (κ1) is 47.5. The maximum absolute atomic E-state index is 3.98. The number of benzene rings is 4. The minimum Gasteiger partial charge on any atom is -0.147 e. The molecule has 2 atom stereocenters. The Kier molecular flexibility index (Phi) is 15.4. The van der Waals surface area contributed by atoms with E-state index in [1.165, 1.54) is 149 Å². The van der Waals surface area contributed by atoms with Gasteiger partial charge in [-0.1, -0.05) is 0 Å². The van der Waals surface area contributed by atoms with Crippen molar-refractivity contribution >= 4 is 43.8 Å². The Morgan fingerprint density at radius 2 is 0.867 bits per heavy atom. The van der Waals surface area contributed by atoms with E-state index in [1.54, 1.807) is 22.3 Å². The van der Waals surface area contributed by atoms with Crippen molar-refractivity contribution in [3.63, 3.8) is 0 Å². The third-order valence-electron chi connectivity index (χ3n) is 16.0. The second-order valence-electron chi connectivity index (χ2n) is 21.3. The number of fused-ring (bicyclic) bond motifs is 2. The zero-order chi connectivity index (χ0) is 40.6. The predicted octanol–water partition coefficient (Wildman–Crippen LogP) is 17.5. The summed E-state index contributed by atoms with van der Waals surface area (Å²) < 4.78 is 6.96. The van der Waals surface area contributed by atoms with Crippen LogP contribution in [0.25, 0.3) is 34.4 Å². The molecule has 0 amide bonds. The summed E-state index contributed by atoms with van der Waals surface area (Å²) in [7, 11) is 0. The Hall–Kier alpha value is -1.96. The molecule has 4 aliphatic rings. The zero-order valence-electron chi connectivity index (χ0n) is 38.1. The molecule has 2 fully saturated rings. The van der Waals surface area contributed by atoms with Crippen LogP contribution in [0.4, 0.5) is 0 Å². The summed E-state index contributed by atoms with van der Waals surface area (Å²) in [6.07, 6.45) is 30.5. The number of allylic oxidation sites excluding steroid dienone is 2. The van der Waals surface area contributed by atoms with Crippen LogP contribution in [0.5, 0.6) is 0 Å². The molecular weight excluding hydrogens is 863 g/mol. The van der Waals surface area contributed by atoms with Crippen LogP contribution in [-0.4, -0.2) is 6.88 Å². The number of rotatable bonds is 12. The van der Waals surface area contributed by atoms with Gasteiger partial charge in [0.05, 0.1) is 0 Å². The molecule has 2 unspecified atom stereocenters. The molecule has 2 saturated carbocycles. The van der Waals surface area contributed by atoms with Crippen LogP contribution in [-0.2, 0) is 17.4 Å². The maximum atomic E-state index is 2.94. The van der Waals surface area contributed by atoms with Gasteiger partial charge in [0.1, 0.15) is 0 Å². The molecule has 322 valence electrons. The Labute approximate surface area is 380 Å². The van der Waals surface area contributed by atoms with E-state index in [4.69, 9.17) is 0 Å². The van der Waals surface area contributed by atoms with Crippen LogP contribution in [0.2, 0.25) is 9.26 Å². The molecule has 4 aromatic rings. The second kappa shape index (κ2) is 19.4. The molecule has 0 spiro atoms. The van der Waals surface area contributed by atoms with E-state index in [2.05, 4.69) is 141 Å². The van der Waals surface area contributed by atoms with Gasteiger partial charge < -0.3 is 0 Å². The minimum atomic E-state index is -3.98. The summed E-state index contributed by atoms with van der Waals surface area (Å²) in [4.78, 5) is 0. The molecule has 60 heavy (non-hydrogen) atoms. The number of aryl methyl sites for hydroxylation is 2. The fourth-order valence-electron chi connectivity index (χ4n) is 13.5. The standard InChI is InChI=1S/2C27H33.2CH3.2ClH.H2Si.Zr/c2*1-3-15-27(16-6-4-5-7-17-27)20-22-18-24-9-8-10-25(26(24)19-22)23-13-11-21(2)12-14-23;;;;;;/h2*8-14,18-19H,3-7,15-17,20H2,1-2H3;2*1H3;2*1H;1H2;. The molecule has 0 saturated heterocycles. The molecule has 0 heterocycles. The van der Waals surface area contributed by atoms with Gasteiger partial charge in [0, 0.05) is 0 Å². The molecule has 0 aliphatic heterocycles. The van der Waals surface area contributed by atoms with Gasteiger partial charge in [-0.3, -0.25) is 0 Å². The topological polar surface area (TPSA) is 0 Å². The summed E-state index contributed by atoms with van der Waals surface area (Å²) in [6, 6.07) is 33.7. The van der Waals surface area contributed by atoms with E-state index < -0.39 is 17.4 Å². The number of halogens is 2. The third-order valence-corrected chi connectivity index (χ3v) is 33.5. The van der Waals surface area contributed by atoms with Crippen molar-refractivity contribution in [3.8, 4) is 22.3 Å². The van der Waals surface area contributed by atoms with Gasteiger partial charge in [0.2, 0.25) is 0 Å². The van der Waals surface area contributed by atoms with Crippen molar-refractivity contribution in [2.45, 2.75) is 160 Å². The first-order valence-corrected chi connectivity index (χ1v) is 37.5. The van der Waals surface area contributed by atoms with Crippen LogP contribution in [0.1, 0.15) is 170 Å². The third kappa shape index (κ3) is 9.45. The summed E-state index contributed by atoms with van der Waals surface area (Å²) in [6.45, 7) is 12.0. The Balaban J connectivity index is 0.00000302. The van der Waals surface area contributed by atoms with E-state index in [9.17, 15) is 0 Å². The maximum Gasteiger partial charge on any atom is -0.147 e. The summed E-state index contributed by atoms with van der Waals surface area (Å²) in [5.41, 5.74) is 19.2. The van der Waals surface area contributed by atoms with E-state index in [1.807, 2.05) is 11.1 Å². The van der Waals surface area contributed by atoms with Gasteiger partial charge in [-0.15, -0.1) is 24.8 Å². The van der Waals surface area contributed by atoms with Crippen LogP contribution in [0.3, 0.4) is 0 Å². The quantitative estimate of drug-likeness (QED) is 0.0981.